The number of carbonyl (C=O) groups excluding carboxylic acids is 2. The van der Waals surface area contributed by atoms with E-state index in [0.717, 1.165) is 17.3 Å². The highest BCUT2D eigenvalue weighted by Crippen LogP contribution is 2.33. The number of quaternary nitrogens is 1. The van der Waals surface area contributed by atoms with Crippen molar-refractivity contribution in [3.63, 3.8) is 0 Å². The van der Waals surface area contributed by atoms with Crippen LogP contribution in [0.1, 0.15) is 5.56 Å². The Morgan fingerprint density at radius 3 is 2.79 bits per heavy atom. The van der Waals surface area contributed by atoms with Crippen LogP contribution >= 0.6 is 11.8 Å². The van der Waals surface area contributed by atoms with Crippen molar-refractivity contribution in [3.05, 3.63) is 34.7 Å². The van der Waals surface area contributed by atoms with Crippen molar-refractivity contribution < 1.29 is 20.1 Å². The number of amides is 2. The minimum absolute atomic E-state index is 0.241. The van der Waals surface area contributed by atoms with Gasteiger partial charge in [-0.25, -0.2) is 0 Å². The predicted molar refractivity (Wildman–Crippen MR) is 73.4 cm³/mol. The van der Waals surface area contributed by atoms with Crippen molar-refractivity contribution in [3.8, 4) is 5.75 Å². The molecule has 1 aromatic rings. The Kier molecular flexibility index (Phi) is 4.24. The van der Waals surface area contributed by atoms with Gasteiger partial charge in [0.25, 0.3) is 11.1 Å². The summed E-state index contributed by atoms with van der Waals surface area (Å²) in [4.78, 5) is 25.4. The molecule has 0 radical (unpaired) electrons. The van der Waals surface area contributed by atoms with E-state index in [4.69, 9.17) is 4.74 Å². The van der Waals surface area contributed by atoms with Crippen LogP contribution in [0.25, 0.3) is 6.08 Å². The molecule has 1 heterocycles. The van der Waals surface area contributed by atoms with E-state index >= 15 is 0 Å². The molecule has 2 amide bonds. The first kappa shape index (κ1) is 13.6. The second-order valence-electron chi connectivity index (χ2n) is 3.93. The summed E-state index contributed by atoms with van der Waals surface area (Å²) < 4.78 is 5.22. The average molecular weight is 279 g/mol. The van der Waals surface area contributed by atoms with Gasteiger partial charge < -0.3 is 10.5 Å². The number of thioether (sulfide) groups is 1. The lowest BCUT2D eigenvalue weighted by Gasteiger charge is -2.08. The molecule has 0 bridgehead atoms. The first-order valence-corrected chi connectivity index (χ1v) is 6.66. The Balaban J connectivity index is 2.30. The number of nitrogens with zero attached hydrogens (tertiary/aromatic N) is 1. The van der Waals surface area contributed by atoms with Gasteiger partial charge in [-0.2, -0.15) is 0 Å². The topological polar surface area (TPSA) is 74.2 Å². The second kappa shape index (κ2) is 5.90. The summed E-state index contributed by atoms with van der Waals surface area (Å²) in [6, 6.07) is 7.36. The number of benzene rings is 1. The quantitative estimate of drug-likeness (QED) is 0.834. The fourth-order valence-corrected chi connectivity index (χ4v) is 2.63. The van der Waals surface area contributed by atoms with Gasteiger partial charge in [-0.1, -0.05) is 18.2 Å². The Morgan fingerprint density at radius 2 is 2.11 bits per heavy atom. The molecule has 6 heteroatoms. The molecule has 0 saturated carbocycles. The maximum Gasteiger partial charge on any atom is 0.293 e. The monoisotopic (exact) mass is 279 g/mol. The van der Waals surface area contributed by atoms with Crippen LogP contribution in [0.3, 0.4) is 0 Å². The van der Waals surface area contributed by atoms with Gasteiger partial charge in [-0.15, -0.1) is 0 Å². The van der Waals surface area contributed by atoms with Crippen LogP contribution < -0.4 is 10.5 Å². The maximum atomic E-state index is 12.1. The molecule has 2 rings (SSSR count). The molecule has 0 aromatic heterocycles. The standard InChI is InChI=1S/C13H14N2O3S/c1-18-10-5-3-2-4-9(10)8-11-12(16)15(7-6-14)13(17)19-11/h2-5,8H,6-7,14H2,1H3/p+1/b11-8-. The van der Waals surface area contributed by atoms with Crippen LogP contribution in [-0.2, 0) is 4.79 Å². The zero-order chi connectivity index (χ0) is 13.8. The molecular weight excluding hydrogens is 264 g/mol. The Morgan fingerprint density at radius 1 is 1.37 bits per heavy atom. The van der Waals surface area contributed by atoms with Gasteiger partial charge in [0.1, 0.15) is 5.75 Å². The van der Waals surface area contributed by atoms with Crippen LogP contribution in [-0.4, -0.2) is 36.2 Å². The number of hydrogen-bond acceptors (Lipinski definition) is 4. The van der Waals surface area contributed by atoms with Crippen LogP contribution in [0, 0.1) is 0 Å². The highest BCUT2D eigenvalue weighted by atomic mass is 32.2. The van der Waals surface area contributed by atoms with Crippen LogP contribution in [0.5, 0.6) is 5.75 Å². The van der Waals surface area contributed by atoms with E-state index < -0.39 is 0 Å². The van der Waals surface area contributed by atoms with Gasteiger partial charge in [-0.3, -0.25) is 14.5 Å². The largest absolute Gasteiger partial charge is 0.496 e. The van der Waals surface area contributed by atoms with Gasteiger partial charge in [-0.05, 0) is 23.9 Å². The highest BCUT2D eigenvalue weighted by Gasteiger charge is 2.34. The smallest absolute Gasteiger partial charge is 0.293 e. The summed E-state index contributed by atoms with van der Waals surface area (Å²) in [6.07, 6.45) is 1.69. The molecule has 0 unspecified atom stereocenters. The lowest BCUT2D eigenvalue weighted by Crippen LogP contribution is -2.55. The maximum absolute atomic E-state index is 12.1. The first-order chi connectivity index (χ1) is 9.17. The number of para-hydroxylation sites is 1. The fraction of sp³-hybridized carbons (Fsp3) is 0.231. The third-order valence-corrected chi connectivity index (χ3v) is 3.59. The van der Waals surface area contributed by atoms with E-state index in [0.29, 0.717) is 23.7 Å². The molecule has 1 saturated heterocycles. The average Bonchev–Trinajstić information content (AvgIpc) is 2.67. The van der Waals surface area contributed by atoms with Crippen molar-refractivity contribution >= 4 is 29.0 Å². The molecule has 100 valence electrons. The molecule has 3 N–H and O–H groups in total. The van der Waals surface area contributed by atoms with Crippen molar-refractivity contribution in [1.29, 1.82) is 0 Å². The summed E-state index contributed by atoms with van der Waals surface area (Å²) in [6.45, 7) is 0.869. The van der Waals surface area contributed by atoms with Gasteiger partial charge in [0.2, 0.25) is 0 Å². The first-order valence-electron chi connectivity index (χ1n) is 5.85. The lowest BCUT2D eigenvalue weighted by atomic mass is 10.2. The van der Waals surface area contributed by atoms with Gasteiger partial charge in [0, 0.05) is 5.56 Å². The van der Waals surface area contributed by atoms with Crippen molar-refractivity contribution in [2.75, 3.05) is 20.2 Å². The molecule has 0 atom stereocenters. The normalized spacial score (nSPS) is 17.4. The van der Waals surface area contributed by atoms with Crippen LogP contribution in [0.15, 0.2) is 29.2 Å². The molecule has 19 heavy (non-hydrogen) atoms. The molecule has 5 nitrogen and oxygen atoms in total. The summed E-state index contributed by atoms with van der Waals surface area (Å²) >= 11 is 0.951. The molecule has 0 spiro atoms. The van der Waals surface area contributed by atoms with Gasteiger partial charge in [0.15, 0.2) is 0 Å². The van der Waals surface area contributed by atoms with E-state index in [2.05, 4.69) is 5.73 Å². The molecule has 1 aliphatic heterocycles. The number of imide groups is 1. The van der Waals surface area contributed by atoms with E-state index in [1.807, 2.05) is 24.3 Å². The van der Waals surface area contributed by atoms with Crippen molar-refractivity contribution in [1.82, 2.24) is 4.90 Å². The summed E-state index contributed by atoms with van der Waals surface area (Å²) in [5.74, 6) is 0.413. The zero-order valence-corrected chi connectivity index (χ0v) is 11.4. The fourth-order valence-electron chi connectivity index (χ4n) is 1.78. The van der Waals surface area contributed by atoms with Crippen LogP contribution in [0.2, 0.25) is 0 Å². The van der Waals surface area contributed by atoms with E-state index in [1.165, 1.54) is 4.90 Å². The molecule has 0 aliphatic carbocycles. The Hall–Kier alpha value is -1.79. The third-order valence-electron chi connectivity index (χ3n) is 2.68. The summed E-state index contributed by atoms with van der Waals surface area (Å²) in [5.41, 5.74) is 4.44. The van der Waals surface area contributed by atoms with E-state index in [1.54, 1.807) is 13.2 Å². The molecule has 1 aromatic carbocycles. The predicted octanol–water partition coefficient (Wildman–Crippen LogP) is 0.973. The molecule has 1 fully saturated rings. The number of rotatable bonds is 4. The van der Waals surface area contributed by atoms with E-state index in [9.17, 15) is 9.59 Å². The second-order valence-corrected chi connectivity index (χ2v) is 4.92. The Bertz CT molecular complexity index is 542. The minimum atomic E-state index is -0.260. The van der Waals surface area contributed by atoms with Gasteiger partial charge in [0.05, 0.1) is 25.1 Å². The Labute approximate surface area is 115 Å². The molecular formula is C13H15N2O3S+. The number of hydrogen-bond donors (Lipinski definition) is 1. The van der Waals surface area contributed by atoms with Crippen molar-refractivity contribution in [2.45, 2.75) is 0 Å². The van der Waals surface area contributed by atoms with Crippen LogP contribution in [0.4, 0.5) is 4.79 Å². The minimum Gasteiger partial charge on any atom is -0.496 e. The molecule has 1 aliphatic rings. The SMILES string of the molecule is COc1ccccc1/C=C1\SC(=O)N(CC[NH3+])C1=O. The number of ether oxygens (including phenoxy) is 1. The lowest BCUT2D eigenvalue weighted by molar-refractivity contribution is -0.367. The van der Waals surface area contributed by atoms with Crippen molar-refractivity contribution in [2.24, 2.45) is 0 Å². The third kappa shape index (κ3) is 2.80. The summed E-state index contributed by atoms with van der Waals surface area (Å²) in [5, 5.41) is -0.241. The number of methoxy groups -OCH3 is 1. The van der Waals surface area contributed by atoms with Gasteiger partial charge >= 0.3 is 0 Å². The number of carbonyl (C=O) groups is 2. The summed E-state index contributed by atoms with van der Waals surface area (Å²) in [7, 11) is 1.57. The van der Waals surface area contributed by atoms with E-state index in [-0.39, 0.29) is 11.1 Å². The highest BCUT2D eigenvalue weighted by molar-refractivity contribution is 8.18. The zero-order valence-electron chi connectivity index (χ0n) is 10.6.